The van der Waals surface area contributed by atoms with Crippen molar-refractivity contribution in [2.45, 2.75) is 13.0 Å². The molecule has 0 aliphatic heterocycles. The van der Waals surface area contributed by atoms with Crippen LogP contribution in [0.4, 0.5) is 15.8 Å². The second-order valence-electron chi connectivity index (χ2n) is 4.20. The largest absolute Gasteiger partial charge is 0.372 e. The number of halogens is 1. The Kier molecular flexibility index (Phi) is 4.13. The summed E-state index contributed by atoms with van der Waals surface area (Å²) in [4.78, 5) is 11.9. The zero-order valence-corrected chi connectivity index (χ0v) is 10.6. The Morgan fingerprint density at radius 2 is 1.68 bits per heavy atom. The number of rotatable bonds is 4. The molecule has 0 spiro atoms. The molecule has 0 radical (unpaired) electrons. The van der Waals surface area contributed by atoms with E-state index in [-0.39, 0.29) is 11.7 Å². The van der Waals surface area contributed by atoms with Crippen LogP contribution in [-0.2, 0) is 4.79 Å². The van der Waals surface area contributed by atoms with E-state index in [1.165, 1.54) is 6.07 Å². The molecular formula is C15H15FN2O. The maximum absolute atomic E-state index is 13.4. The standard InChI is InChI=1S/C15H15FN2O/c1-11(17-14-10-6-5-9-13(14)16)15(19)18-12-7-3-2-4-8-12/h2-11,17H,1H3,(H,18,19). The van der Waals surface area contributed by atoms with Gasteiger partial charge >= 0.3 is 0 Å². The fraction of sp³-hybridized carbons (Fsp3) is 0.133. The SMILES string of the molecule is CC(Nc1ccccc1F)C(=O)Nc1ccccc1. The first-order valence-electron chi connectivity index (χ1n) is 6.04. The molecule has 2 aromatic rings. The summed E-state index contributed by atoms with van der Waals surface area (Å²) in [6, 6.07) is 14.9. The van der Waals surface area contributed by atoms with Crippen molar-refractivity contribution in [3.63, 3.8) is 0 Å². The van der Waals surface area contributed by atoms with Gasteiger partial charge in [-0.25, -0.2) is 4.39 Å². The van der Waals surface area contributed by atoms with Crippen molar-refractivity contribution in [1.29, 1.82) is 0 Å². The van der Waals surface area contributed by atoms with Gasteiger partial charge in [0.2, 0.25) is 5.91 Å². The molecule has 4 heteroatoms. The number of anilines is 2. The minimum Gasteiger partial charge on any atom is -0.372 e. The molecule has 0 saturated carbocycles. The van der Waals surface area contributed by atoms with Crippen molar-refractivity contribution >= 4 is 17.3 Å². The lowest BCUT2D eigenvalue weighted by molar-refractivity contribution is -0.116. The molecule has 0 fully saturated rings. The van der Waals surface area contributed by atoms with E-state index >= 15 is 0 Å². The van der Waals surface area contributed by atoms with Crippen LogP contribution in [0.2, 0.25) is 0 Å². The molecule has 0 aromatic heterocycles. The van der Waals surface area contributed by atoms with Gasteiger partial charge in [-0.1, -0.05) is 30.3 Å². The monoisotopic (exact) mass is 258 g/mol. The number of hydrogen-bond acceptors (Lipinski definition) is 2. The lowest BCUT2D eigenvalue weighted by Gasteiger charge is -2.15. The number of benzene rings is 2. The smallest absolute Gasteiger partial charge is 0.246 e. The van der Waals surface area contributed by atoms with E-state index in [0.717, 1.165) is 5.69 Å². The summed E-state index contributed by atoms with van der Waals surface area (Å²) < 4.78 is 13.4. The zero-order chi connectivity index (χ0) is 13.7. The van der Waals surface area contributed by atoms with Gasteiger partial charge in [-0.3, -0.25) is 4.79 Å². The van der Waals surface area contributed by atoms with Gasteiger partial charge in [-0.15, -0.1) is 0 Å². The Morgan fingerprint density at radius 3 is 2.37 bits per heavy atom. The van der Waals surface area contributed by atoms with Crippen LogP contribution in [0.5, 0.6) is 0 Å². The highest BCUT2D eigenvalue weighted by Crippen LogP contribution is 2.14. The molecule has 19 heavy (non-hydrogen) atoms. The predicted molar refractivity (Wildman–Crippen MR) is 74.6 cm³/mol. The molecular weight excluding hydrogens is 243 g/mol. The fourth-order valence-corrected chi connectivity index (χ4v) is 1.65. The summed E-state index contributed by atoms with van der Waals surface area (Å²) in [7, 11) is 0. The number of amides is 1. The van der Waals surface area contributed by atoms with Gasteiger partial charge in [-0.05, 0) is 31.2 Å². The van der Waals surface area contributed by atoms with Crippen molar-refractivity contribution in [3.05, 3.63) is 60.4 Å². The minimum atomic E-state index is -0.530. The highest BCUT2D eigenvalue weighted by atomic mass is 19.1. The second kappa shape index (κ2) is 6.00. The van der Waals surface area contributed by atoms with Crippen LogP contribution in [0.25, 0.3) is 0 Å². The second-order valence-corrected chi connectivity index (χ2v) is 4.20. The summed E-state index contributed by atoms with van der Waals surface area (Å²) in [6.45, 7) is 1.69. The van der Waals surface area contributed by atoms with Gasteiger partial charge < -0.3 is 10.6 Å². The third-order valence-corrected chi connectivity index (χ3v) is 2.68. The molecule has 98 valence electrons. The van der Waals surface area contributed by atoms with Gasteiger partial charge in [0.15, 0.2) is 0 Å². The van der Waals surface area contributed by atoms with Gasteiger partial charge in [0.05, 0.1) is 5.69 Å². The summed E-state index contributed by atoms with van der Waals surface area (Å²) >= 11 is 0. The van der Waals surface area contributed by atoms with Crippen molar-refractivity contribution in [2.75, 3.05) is 10.6 Å². The highest BCUT2D eigenvalue weighted by molar-refractivity contribution is 5.96. The van der Waals surface area contributed by atoms with Gasteiger partial charge in [0.1, 0.15) is 11.9 Å². The number of carbonyl (C=O) groups is 1. The molecule has 2 aromatic carbocycles. The highest BCUT2D eigenvalue weighted by Gasteiger charge is 2.14. The summed E-state index contributed by atoms with van der Waals surface area (Å²) in [5.41, 5.74) is 1.04. The quantitative estimate of drug-likeness (QED) is 0.883. The Balaban J connectivity index is 1.98. The molecule has 0 aliphatic rings. The van der Waals surface area contributed by atoms with Crippen LogP contribution in [0.15, 0.2) is 54.6 Å². The van der Waals surface area contributed by atoms with E-state index in [2.05, 4.69) is 10.6 Å². The van der Waals surface area contributed by atoms with E-state index in [0.29, 0.717) is 5.69 Å². The van der Waals surface area contributed by atoms with Crippen LogP contribution in [0.1, 0.15) is 6.92 Å². The Hall–Kier alpha value is -2.36. The van der Waals surface area contributed by atoms with E-state index in [4.69, 9.17) is 0 Å². The number of carbonyl (C=O) groups excluding carboxylic acids is 1. The third-order valence-electron chi connectivity index (χ3n) is 2.68. The molecule has 2 N–H and O–H groups in total. The van der Waals surface area contributed by atoms with E-state index in [1.54, 1.807) is 37.3 Å². The average Bonchev–Trinajstić information content (AvgIpc) is 2.42. The zero-order valence-electron chi connectivity index (χ0n) is 10.6. The first kappa shape index (κ1) is 13.1. The van der Waals surface area contributed by atoms with Crippen molar-refractivity contribution < 1.29 is 9.18 Å². The maximum Gasteiger partial charge on any atom is 0.246 e. The first-order chi connectivity index (χ1) is 9.16. The molecule has 1 atom stereocenters. The average molecular weight is 258 g/mol. The topological polar surface area (TPSA) is 41.1 Å². The molecule has 2 rings (SSSR count). The van der Waals surface area contributed by atoms with E-state index < -0.39 is 6.04 Å². The summed E-state index contributed by atoms with van der Waals surface area (Å²) in [5.74, 6) is -0.587. The van der Waals surface area contributed by atoms with E-state index in [9.17, 15) is 9.18 Å². The normalized spacial score (nSPS) is 11.7. The molecule has 3 nitrogen and oxygen atoms in total. The molecule has 0 saturated heterocycles. The van der Waals surface area contributed by atoms with Gasteiger partial charge in [0, 0.05) is 5.69 Å². The minimum absolute atomic E-state index is 0.213. The van der Waals surface area contributed by atoms with Crippen LogP contribution >= 0.6 is 0 Å². The lowest BCUT2D eigenvalue weighted by atomic mass is 10.2. The molecule has 0 heterocycles. The van der Waals surface area contributed by atoms with Crippen molar-refractivity contribution in [1.82, 2.24) is 0 Å². The third kappa shape index (κ3) is 3.55. The number of para-hydroxylation sites is 2. The van der Waals surface area contributed by atoms with Crippen LogP contribution in [0.3, 0.4) is 0 Å². The summed E-state index contributed by atoms with van der Waals surface area (Å²) in [5, 5.41) is 5.60. The molecule has 1 amide bonds. The van der Waals surface area contributed by atoms with Gasteiger partial charge in [0.25, 0.3) is 0 Å². The predicted octanol–water partition coefficient (Wildman–Crippen LogP) is 3.26. The molecule has 0 bridgehead atoms. The van der Waals surface area contributed by atoms with Crippen molar-refractivity contribution in [3.8, 4) is 0 Å². The van der Waals surface area contributed by atoms with Crippen LogP contribution < -0.4 is 10.6 Å². The maximum atomic E-state index is 13.4. The first-order valence-corrected chi connectivity index (χ1v) is 6.04. The Labute approximate surface area is 111 Å². The molecule has 0 aliphatic carbocycles. The summed E-state index contributed by atoms with van der Waals surface area (Å²) in [6.07, 6.45) is 0. The number of hydrogen-bond donors (Lipinski definition) is 2. The fourth-order valence-electron chi connectivity index (χ4n) is 1.65. The Bertz CT molecular complexity index is 557. The van der Waals surface area contributed by atoms with Crippen LogP contribution in [-0.4, -0.2) is 11.9 Å². The number of nitrogens with one attached hydrogen (secondary N) is 2. The lowest BCUT2D eigenvalue weighted by Crippen LogP contribution is -2.32. The van der Waals surface area contributed by atoms with E-state index in [1.807, 2.05) is 18.2 Å². The van der Waals surface area contributed by atoms with Crippen LogP contribution in [0, 0.1) is 5.82 Å². The van der Waals surface area contributed by atoms with Crippen molar-refractivity contribution in [2.24, 2.45) is 0 Å². The van der Waals surface area contributed by atoms with Gasteiger partial charge in [-0.2, -0.15) is 0 Å². The Morgan fingerprint density at radius 1 is 1.05 bits per heavy atom. The molecule has 1 unspecified atom stereocenters.